The second kappa shape index (κ2) is 9.68. The van der Waals surface area contributed by atoms with E-state index in [-0.39, 0.29) is 25.0 Å². The lowest BCUT2D eigenvalue weighted by Gasteiger charge is -2.14. The van der Waals surface area contributed by atoms with Crippen molar-refractivity contribution in [3.8, 4) is 0 Å². The van der Waals surface area contributed by atoms with Gasteiger partial charge >= 0.3 is 5.97 Å². The van der Waals surface area contributed by atoms with E-state index >= 15 is 0 Å². The van der Waals surface area contributed by atoms with Crippen LogP contribution in [0.1, 0.15) is 12.8 Å². The third-order valence-corrected chi connectivity index (χ3v) is 4.90. The molecule has 2 rings (SSSR count). The Morgan fingerprint density at radius 1 is 1.29 bits per heavy atom. The summed E-state index contributed by atoms with van der Waals surface area (Å²) in [6, 6.07) is 7.92. The zero-order chi connectivity index (χ0) is 17.4. The van der Waals surface area contributed by atoms with Gasteiger partial charge in [0.05, 0.1) is 0 Å². The molecule has 0 unspecified atom stereocenters. The highest BCUT2D eigenvalue weighted by Crippen LogP contribution is 2.19. The minimum atomic E-state index is -0.551. The summed E-state index contributed by atoms with van der Waals surface area (Å²) in [6.07, 6.45) is 1.24. The first-order valence-electron chi connectivity index (χ1n) is 7.63. The number of carbonyl (C=O) groups excluding carboxylic acids is 3. The van der Waals surface area contributed by atoms with Crippen LogP contribution in [0.2, 0.25) is 0 Å². The smallest absolute Gasteiger partial charge is 0.326 e. The van der Waals surface area contributed by atoms with Gasteiger partial charge in [-0.15, -0.1) is 11.8 Å². The molecule has 2 amide bonds. The maximum absolute atomic E-state index is 11.6. The SMILES string of the molecule is O=C(COC(=O)CN1CCCC1=O)NCCSc1ccc(Br)cc1. The second-order valence-electron chi connectivity index (χ2n) is 5.23. The van der Waals surface area contributed by atoms with Gasteiger partial charge in [0.1, 0.15) is 6.54 Å². The predicted molar refractivity (Wildman–Crippen MR) is 94.6 cm³/mol. The molecule has 1 fully saturated rings. The van der Waals surface area contributed by atoms with Gasteiger partial charge in [-0.1, -0.05) is 15.9 Å². The third kappa shape index (κ3) is 6.52. The van der Waals surface area contributed by atoms with Crippen molar-refractivity contribution in [2.45, 2.75) is 17.7 Å². The van der Waals surface area contributed by atoms with Crippen molar-refractivity contribution in [2.24, 2.45) is 0 Å². The number of carbonyl (C=O) groups is 3. The standard InChI is InChI=1S/C16H19BrN2O4S/c17-12-3-5-13(6-4-12)24-9-7-18-14(20)11-23-16(22)10-19-8-1-2-15(19)21/h3-6H,1-2,7-11H2,(H,18,20). The van der Waals surface area contributed by atoms with Gasteiger partial charge in [0.15, 0.2) is 6.61 Å². The Hall–Kier alpha value is -1.54. The van der Waals surface area contributed by atoms with Crippen LogP contribution in [-0.4, -0.2) is 54.7 Å². The Kier molecular flexibility index (Phi) is 7.58. The molecule has 6 nitrogen and oxygen atoms in total. The number of rotatable bonds is 8. The number of hydrogen-bond acceptors (Lipinski definition) is 5. The molecule has 0 saturated carbocycles. The molecule has 0 atom stereocenters. The maximum Gasteiger partial charge on any atom is 0.326 e. The molecule has 1 aromatic carbocycles. The molecule has 1 aliphatic heterocycles. The molecular formula is C16H19BrN2O4S. The molecule has 1 aliphatic rings. The first-order valence-corrected chi connectivity index (χ1v) is 9.41. The highest BCUT2D eigenvalue weighted by molar-refractivity contribution is 9.10. The average molecular weight is 415 g/mol. The molecule has 1 aromatic rings. The highest BCUT2D eigenvalue weighted by atomic mass is 79.9. The topological polar surface area (TPSA) is 75.7 Å². The Morgan fingerprint density at radius 2 is 2.04 bits per heavy atom. The zero-order valence-electron chi connectivity index (χ0n) is 13.1. The monoisotopic (exact) mass is 414 g/mol. The van der Waals surface area contributed by atoms with Crippen LogP contribution in [0.25, 0.3) is 0 Å². The van der Waals surface area contributed by atoms with Gasteiger partial charge in [-0.2, -0.15) is 0 Å². The normalized spacial score (nSPS) is 13.9. The van der Waals surface area contributed by atoms with E-state index in [9.17, 15) is 14.4 Å². The van der Waals surface area contributed by atoms with Gasteiger partial charge in [-0.3, -0.25) is 14.4 Å². The van der Waals surface area contributed by atoms with Crippen LogP contribution in [0.4, 0.5) is 0 Å². The number of thioether (sulfide) groups is 1. The number of esters is 1. The minimum absolute atomic E-state index is 0.0404. The summed E-state index contributed by atoms with van der Waals surface area (Å²) in [4.78, 5) is 37.2. The molecule has 130 valence electrons. The summed E-state index contributed by atoms with van der Waals surface area (Å²) < 4.78 is 5.91. The van der Waals surface area contributed by atoms with Crippen molar-refractivity contribution in [3.63, 3.8) is 0 Å². The van der Waals surface area contributed by atoms with Crippen LogP contribution in [-0.2, 0) is 19.1 Å². The molecule has 0 aromatic heterocycles. The van der Waals surface area contributed by atoms with Crippen molar-refractivity contribution in [1.29, 1.82) is 0 Å². The Labute approximate surface area is 153 Å². The van der Waals surface area contributed by atoms with Gasteiger partial charge < -0.3 is 15.0 Å². The highest BCUT2D eigenvalue weighted by Gasteiger charge is 2.23. The van der Waals surface area contributed by atoms with Crippen LogP contribution < -0.4 is 5.32 Å². The number of ether oxygens (including phenoxy) is 1. The number of likely N-dealkylation sites (tertiary alicyclic amines) is 1. The summed E-state index contributed by atoms with van der Waals surface area (Å²) in [5.74, 6) is -0.206. The largest absolute Gasteiger partial charge is 0.454 e. The minimum Gasteiger partial charge on any atom is -0.454 e. The molecule has 24 heavy (non-hydrogen) atoms. The Morgan fingerprint density at radius 3 is 2.71 bits per heavy atom. The lowest BCUT2D eigenvalue weighted by Crippen LogP contribution is -2.35. The van der Waals surface area contributed by atoms with Gasteiger partial charge in [-0.05, 0) is 30.7 Å². The van der Waals surface area contributed by atoms with E-state index in [1.54, 1.807) is 11.8 Å². The zero-order valence-corrected chi connectivity index (χ0v) is 15.5. The molecule has 0 radical (unpaired) electrons. The third-order valence-electron chi connectivity index (χ3n) is 3.36. The summed E-state index contributed by atoms with van der Waals surface area (Å²) in [6.45, 7) is 0.671. The van der Waals surface area contributed by atoms with Crippen molar-refractivity contribution < 1.29 is 19.1 Å². The van der Waals surface area contributed by atoms with Crippen LogP contribution in [0.3, 0.4) is 0 Å². The van der Waals surface area contributed by atoms with E-state index in [0.717, 1.165) is 21.5 Å². The molecule has 1 saturated heterocycles. The van der Waals surface area contributed by atoms with Crippen LogP contribution >= 0.6 is 27.7 Å². The molecule has 0 bridgehead atoms. The number of benzene rings is 1. The molecule has 1 N–H and O–H groups in total. The fourth-order valence-corrected chi connectivity index (χ4v) is 3.19. The number of nitrogens with one attached hydrogen (secondary N) is 1. The van der Waals surface area contributed by atoms with E-state index in [4.69, 9.17) is 4.74 Å². The second-order valence-corrected chi connectivity index (χ2v) is 7.32. The first kappa shape index (κ1) is 18.8. The van der Waals surface area contributed by atoms with E-state index in [0.29, 0.717) is 19.5 Å². The molecular weight excluding hydrogens is 396 g/mol. The number of hydrogen-bond donors (Lipinski definition) is 1. The van der Waals surface area contributed by atoms with Crippen molar-refractivity contribution >= 4 is 45.5 Å². The van der Waals surface area contributed by atoms with Crippen molar-refractivity contribution in [1.82, 2.24) is 10.2 Å². The van der Waals surface area contributed by atoms with Crippen LogP contribution in [0.5, 0.6) is 0 Å². The van der Waals surface area contributed by atoms with Gasteiger partial charge in [-0.25, -0.2) is 0 Å². The van der Waals surface area contributed by atoms with Crippen molar-refractivity contribution in [2.75, 3.05) is 32.0 Å². The number of amides is 2. The average Bonchev–Trinajstić information content (AvgIpc) is 2.96. The number of nitrogens with zero attached hydrogens (tertiary/aromatic N) is 1. The maximum atomic E-state index is 11.6. The first-order chi connectivity index (χ1) is 11.5. The summed E-state index contributed by atoms with van der Waals surface area (Å²) >= 11 is 5.01. The summed E-state index contributed by atoms with van der Waals surface area (Å²) in [5, 5.41) is 2.70. The molecule has 0 spiro atoms. The molecule has 0 aliphatic carbocycles. The molecule has 1 heterocycles. The fraction of sp³-hybridized carbons (Fsp3) is 0.438. The van der Waals surface area contributed by atoms with E-state index in [1.165, 1.54) is 4.90 Å². The quantitative estimate of drug-likeness (QED) is 0.398. The van der Waals surface area contributed by atoms with E-state index in [2.05, 4.69) is 21.2 Å². The lowest BCUT2D eigenvalue weighted by atomic mass is 10.4. The molecule has 8 heteroatoms. The van der Waals surface area contributed by atoms with E-state index < -0.39 is 5.97 Å². The van der Waals surface area contributed by atoms with Gasteiger partial charge in [0.25, 0.3) is 5.91 Å². The Balaban J connectivity index is 1.55. The van der Waals surface area contributed by atoms with Gasteiger partial charge in [0.2, 0.25) is 5.91 Å². The fourth-order valence-electron chi connectivity index (χ4n) is 2.16. The summed E-state index contributed by atoms with van der Waals surface area (Å²) in [5.41, 5.74) is 0. The van der Waals surface area contributed by atoms with Crippen LogP contribution in [0, 0.1) is 0 Å². The van der Waals surface area contributed by atoms with E-state index in [1.807, 2.05) is 24.3 Å². The number of halogens is 1. The van der Waals surface area contributed by atoms with Gasteiger partial charge in [0, 0.05) is 34.6 Å². The summed E-state index contributed by atoms with van der Waals surface area (Å²) in [7, 11) is 0. The predicted octanol–water partition coefficient (Wildman–Crippen LogP) is 1.82. The Bertz CT molecular complexity index is 594. The van der Waals surface area contributed by atoms with Crippen molar-refractivity contribution in [3.05, 3.63) is 28.7 Å². The van der Waals surface area contributed by atoms with Crippen LogP contribution in [0.15, 0.2) is 33.6 Å². The lowest BCUT2D eigenvalue weighted by molar-refractivity contribution is -0.151.